The summed E-state index contributed by atoms with van der Waals surface area (Å²) in [4.78, 5) is 0. The molecule has 0 amide bonds. The summed E-state index contributed by atoms with van der Waals surface area (Å²) < 4.78 is 0. The Bertz CT molecular complexity index is 296. The Morgan fingerprint density at radius 2 is 1.33 bits per heavy atom. The first-order chi connectivity index (χ1) is 10.3. The molecule has 0 spiro atoms. The monoisotopic (exact) mass is 305 g/mol. The maximum Gasteiger partial charge on any atom is 0.459 e. The van der Waals surface area contributed by atoms with Gasteiger partial charge in [-0.1, -0.05) is 46.4 Å². The van der Waals surface area contributed by atoms with Crippen molar-refractivity contribution in [1.82, 2.24) is 0 Å². The summed E-state index contributed by atoms with van der Waals surface area (Å²) in [5.41, 5.74) is 2.94. The van der Waals surface area contributed by atoms with Gasteiger partial charge in [0.25, 0.3) is 0 Å². The minimum atomic E-state index is -1.30. The Morgan fingerprint density at radius 1 is 0.810 bits per heavy atom. The highest BCUT2D eigenvalue weighted by atomic mass is 31.1. The van der Waals surface area contributed by atoms with Gasteiger partial charge >= 0.3 is 7.12 Å². The Morgan fingerprint density at radius 3 is 1.81 bits per heavy atom. The zero-order chi connectivity index (χ0) is 14.7. The topological polar surface area (TPSA) is 40.5 Å². The van der Waals surface area contributed by atoms with Crippen LogP contribution in [0.5, 0.6) is 0 Å². The van der Waals surface area contributed by atoms with E-state index in [-0.39, 0.29) is 7.92 Å². The molecule has 3 aliphatic rings. The minimum Gasteiger partial charge on any atom is -0.427 e. The van der Waals surface area contributed by atoms with Gasteiger partial charge in [-0.05, 0) is 56.3 Å². The highest BCUT2D eigenvalue weighted by Crippen LogP contribution is 2.67. The summed E-state index contributed by atoms with van der Waals surface area (Å²) in [7, 11) is -1.53. The highest BCUT2D eigenvalue weighted by molar-refractivity contribution is 7.63. The summed E-state index contributed by atoms with van der Waals surface area (Å²) in [6.07, 6.45) is 19.8. The van der Waals surface area contributed by atoms with E-state index < -0.39 is 7.12 Å². The third-order valence-electron chi connectivity index (χ3n) is 5.32. The van der Waals surface area contributed by atoms with Crippen molar-refractivity contribution in [3.8, 4) is 0 Å². The molecule has 0 bridgehead atoms. The molecule has 2 N–H and O–H groups in total. The van der Waals surface area contributed by atoms with Crippen LogP contribution in [-0.4, -0.2) is 28.5 Å². The number of hydrogen-bond acceptors (Lipinski definition) is 2. The maximum absolute atomic E-state index is 9.70. The van der Waals surface area contributed by atoms with Crippen molar-refractivity contribution in [3.05, 3.63) is 30.7 Å². The van der Waals surface area contributed by atoms with E-state index in [1.165, 1.54) is 69.9 Å². The molecule has 115 valence electrons. The molecule has 0 heterocycles. The summed E-state index contributed by atoms with van der Waals surface area (Å²) >= 11 is 0. The van der Waals surface area contributed by atoms with Crippen LogP contribution in [0.15, 0.2) is 0 Å². The molecule has 0 aromatic rings. The SMILES string of the molecule is OB(O)[C]1[CH][CH][CH][C]1P(C1CCCCC1)C1CCCCC1. The molecule has 4 heteroatoms. The van der Waals surface area contributed by atoms with Crippen molar-refractivity contribution < 1.29 is 10.0 Å². The van der Waals surface area contributed by atoms with E-state index in [1.54, 1.807) is 0 Å². The zero-order valence-corrected chi connectivity index (χ0v) is 13.8. The molecule has 0 aliphatic heterocycles. The van der Waals surface area contributed by atoms with Gasteiger partial charge in [-0.3, -0.25) is 0 Å². The molecule has 0 aromatic heterocycles. The fraction of sp³-hybridized carbons (Fsp3) is 0.706. The van der Waals surface area contributed by atoms with Crippen molar-refractivity contribution in [2.45, 2.75) is 75.5 Å². The lowest BCUT2D eigenvalue weighted by Crippen LogP contribution is -2.30. The van der Waals surface area contributed by atoms with Crippen LogP contribution in [0.25, 0.3) is 0 Å². The standard InChI is InChI=1S/C17H27BO2P/c19-18(20)16-12-7-13-17(16)21(14-8-3-1-4-9-14)15-10-5-2-6-11-15/h7,12-15,19-20H,1-6,8-11H2. The molecule has 3 saturated carbocycles. The average molecular weight is 305 g/mol. The summed E-state index contributed by atoms with van der Waals surface area (Å²) in [5, 5.41) is 19.4. The molecule has 0 aromatic carbocycles. The summed E-state index contributed by atoms with van der Waals surface area (Å²) in [6, 6.07) is 0. The van der Waals surface area contributed by atoms with Gasteiger partial charge in [0.05, 0.1) is 0 Å². The zero-order valence-electron chi connectivity index (χ0n) is 12.9. The Hall–Kier alpha value is 0.415. The summed E-state index contributed by atoms with van der Waals surface area (Å²) in [6.45, 7) is 0. The lowest BCUT2D eigenvalue weighted by molar-refractivity contribution is 0.412. The van der Waals surface area contributed by atoms with Gasteiger partial charge in [-0.15, -0.1) is 0 Å². The average Bonchev–Trinajstić information content (AvgIpc) is 2.99. The Kier molecular flexibility index (Phi) is 6.04. The summed E-state index contributed by atoms with van der Waals surface area (Å²) in [5.74, 6) is 0.789. The minimum absolute atomic E-state index is 0.228. The molecule has 3 aliphatic carbocycles. The van der Waals surface area contributed by atoms with Crippen molar-refractivity contribution in [2.75, 3.05) is 0 Å². The molecule has 21 heavy (non-hydrogen) atoms. The van der Waals surface area contributed by atoms with E-state index in [1.807, 2.05) is 12.8 Å². The van der Waals surface area contributed by atoms with E-state index in [0.717, 1.165) is 17.1 Å². The van der Waals surface area contributed by atoms with Gasteiger partial charge in [0.2, 0.25) is 0 Å². The van der Waals surface area contributed by atoms with E-state index in [9.17, 15) is 10.0 Å². The predicted octanol–water partition coefficient (Wildman–Crippen LogP) is 3.88. The Balaban J connectivity index is 1.76. The van der Waals surface area contributed by atoms with E-state index in [0.29, 0.717) is 0 Å². The second-order valence-electron chi connectivity index (χ2n) is 6.73. The molecule has 3 fully saturated rings. The van der Waals surface area contributed by atoms with Crippen molar-refractivity contribution in [2.24, 2.45) is 0 Å². The lowest BCUT2D eigenvalue weighted by atomic mass is 9.71. The molecule has 2 nitrogen and oxygen atoms in total. The quantitative estimate of drug-likeness (QED) is 0.611. The molecule has 0 saturated heterocycles. The third-order valence-corrected chi connectivity index (χ3v) is 8.89. The fourth-order valence-electron chi connectivity index (χ4n) is 4.29. The van der Waals surface area contributed by atoms with Gasteiger partial charge in [0.1, 0.15) is 0 Å². The van der Waals surface area contributed by atoms with Gasteiger partial charge in [-0.25, -0.2) is 0 Å². The van der Waals surface area contributed by atoms with Crippen LogP contribution in [0.4, 0.5) is 0 Å². The largest absolute Gasteiger partial charge is 0.459 e. The Labute approximate surface area is 132 Å². The van der Waals surface area contributed by atoms with Gasteiger partial charge in [0, 0.05) is 11.5 Å². The van der Waals surface area contributed by atoms with Gasteiger partial charge in [0.15, 0.2) is 0 Å². The van der Waals surface area contributed by atoms with Gasteiger partial charge < -0.3 is 10.0 Å². The first-order valence-electron chi connectivity index (χ1n) is 8.67. The van der Waals surface area contributed by atoms with Crippen LogP contribution in [0.2, 0.25) is 0 Å². The molecular weight excluding hydrogens is 278 g/mol. The molecule has 5 radical (unpaired) electrons. The van der Waals surface area contributed by atoms with Crippen LogP contribution in [0.3, 0.4) is 0 Å². The first kappa shape index (κ1) is 16.3. The predicted molar refractivity (Wildman–Crippen MR) is 90.2 cm³/mol. The van der Waals surface area contributed by atoms with E-state index in [2.05, 4.69) is 6.42 Å². The second kappa shape index (κ2) is 7.80. The number of rotatable bonds is 4. The smallest absolute Gasteiger partial charge is 0.427 e. The van der Waals surface area contributed by atoms with E-state index in [4.69, 9.17) is 0 Å². The second-order valence-corrected chi connectivity index (χ2v) is 9.49. The van der Waals surface area contributed by atoms with Crippen LogP contribution in [-0.2, 0) is 0 Å². The molecule has 0 atom stereocenters. The van der Waals surface area contributed by atoms with Crippen molar-refractivity contribution in [3.63, 3.8) is 0 Å². The molecule has 0 unspecified atom stereocenters. The normalized spacial score (nSPS) is 27.6. The van der Waals surface area contributed by atoms with Crippen LogP contribution in [0.1, 0.15) is 64.2 Å². The van der Waals surface area contributed by atoms with Gasteiger partial charge in [-0.2, -0.15) is 0 Å². The van der Waals surface area contributed by atoms with Crippen LogP contribution in [0, 0.1) is 30.7 Å². The maximum atomic E-state index is 9.70. The fourth-order valence-corrected chi connectivity index (χ4v) is 8.26. The molecular formula is C17H27BO2P. The van der Waals surface area contributed by atoms with E-state index >= 15 is 0 Å². The highest BCUT2D eigenvalue weighted by Gasteiger charge is 2.46. The van der Waals surface area contributed by atoms with Crippen molar-refractivity contribution in [1.29, 1.82) is 0 Å². The third kappa shape index (κ3) is 3.85. The first-order valence-corrected chi connectivity index (χ1v) is 10.2. The number of hydrogen-bond donors (Lipinski definition) is 2. The van der Waals surface area contributed by atoms with Crippen molar-refractivity contribution >= 4 is 15.0 Å². The molecule has 3 rings (SSSR count). The van der Waals surface area contributed by atoms with Crippen LogP contribution < -0.4 is 0 Å². The lowest BCUT2D eigenvalue weighted by Gasteiger charge is -2.43. The van der Waals surface area contributed by atoms with Crippen LogP contribution >= 0.6 is 7.92 Å².